The standard InChI is InChI=1S/C12H18O2/c1-7(2)10-5-11(9(4)13)8(3)12(14)6-10/h8,10-11H,1,5-6H2,2-4H3/t8-,10-,11-/m1/s1. The van der Waals surface area contributed by atoms with Gasteiger partial charge in [-0.25, -0.2) is 0 Å². The smallest absolute Gasteiger partial charge is 0.137 e. The van der Waals surface area contributed by atoms with E-state index >= 15 is 0 Å². The predicted molar refractivity (Wildman–Crippen MR) is 55.9 cm³/mol. The Balaban J connectivity index is 2.81. The third kappa shape index (κ3) is 2.11. The number of carbonyl (C=O) groups is 2. The highest BCUT2D eigenvalue weighted by Gasteiger charge is 2.36. The fourth-order valence-electron chi connectivity index (χ4n) is 2.14. The zero-order valence-electron chi connectivity index (χ0n) is 9.17. The Morgan fingerprint density at radius 1 is 1.43 bits per heavy atom. The van der Waals surface area contributed by atoms with E-state index in [9.17, 15) is 9.59 Å². The SMILES string of the molecule is C=C(C)[C@H]1CC(=O)[C@H](C)[C@H](C(C)=O)C1. The number of carbonyl (C=O) groups excluding carboxylic acids is 2. The summed E-state index contributed by atoms with van der Waals surface area (Å²) < 4.78 is 0. The molecule has 3 atom stereocenters. The number of hydrogen-bond donors (Lipinski definition) is 0. The van der Waals surface area contributed by atoms with Gasteiger partial charge >= 0.3 is 0 Å². The molecule has 0 unspecified atom stereocenters. The van der Waals surface area contributed by atoms with Crippen LogP contribution in [0, 0.1) is 17.8 Å². The van der Waals surface area contributed by atoms with Crippen molar-refractivity contribution in [2.24, 2.45) is 17.8 Å². The van der Waals surface area contributed by atoms with Crippen molar-refractivity contribution < 1.29 is 9.59 Å². The van der Waals surface area contributed by atoms with Gasteiger partial charge in [-0.05, 0) is 26.2 Å². The molecular weight excluding hydrogens is 176 g/mol. The van der Waals surface area contributed by atoms with Gasteiger partial charge in [0.1, 0.15) is 11.6 Å². The lowest BCUT2D eigenvalue weighted by atomic mass is 9.71. The van der Waals surface area contributed by atoms with E-state index in [1.54, 1.807) is 6.92 Å². The molecule has 78 valence electrons. The summed E-state index contributed by atoms with van der Waals surface area (Å²) in [6, 6.07) is 0. The Labute approximate surface area is 85.4 Å². The molecule has 0 aromatic heterocycles. The van der Waals surface area contributed by atoms with Crippen molar-refractivity contribution in [3.8, 4) is 0 Å². The van der Waals surface area contributed by atoms with Crippen LogP contribution in [0.4, 0.5) is 0 Å². The van der Waals surface area contributed by atoms with Crippen LogP contribution in [-0.4, -0.2) is 11.6 Å². The molecule has 0 aromatic rings. The van der Waals surface area contributed by atoms with Crippen molar-refractivity contribution in [2.75, 3.05) is 0 Å². The van der Waals surface area contributed by atoms with Gasteiger partial charge in [0, 0.05) is 18.3 Å². The van der Waals surface area contributed by atoms with Gasteiger partial charge in [-0.3, -0.25) is 9.59 Å². The second-order valence-electron chi connectivity index (χ2n) is 4.46. The average Bonchev–Trinajstić information content (AvgIpc) is 2.08. The highest BCUT2D eigenvalue weighted by molar-refractivity contribution is 5.90. The fourth-order valence-corrected chi connectivity index (χ4v) is 2.14. The summed E-state index contributed by atoms with van der Waals surface area (Å²) >= 11 is 0. The van der Waals surface area contributed by atoms with E-state index in [0.29, 0.717) is 6.42 Å². The zero-order valence-corrected chi connectivity index (χ0v) is 9.17. The quantitative estimate of drug-likeness (QED) is 0.632. The largest absolute Gasteiger partial charge is 0.300 e. The second kappa shape index (κ2) is 4.07. The molecule has 14 heavy (non-hydrogen) atoms. The Hall–Kier alpha value is -0.920. The van der Waals surface area contributed by atoms with Crippen molar-refractivity contribution in [1.82, 2.24) is 0 Å². The molecule has 0 amide bonds. The first-order chi connectivity index (χ1) is 6.43. The summed E-state index contributed by atoms with van der Waals surface area (Å²) in [5.74, 6) is 0.384. The molecule has 0 spiro atoms. The van der Waals surface area contributed by atoms with Gasteiger partial charge in [-0.2, -0.15) is 0 Å². The van der Waals surface area contributed by atoms with Crippen LogP contribution in [0.25, 0.3) is 0 Å². The number of rotatable bonds is 2. The maximum atomic E-state index is 11.6. The van der Waals surface area contributed by atoms with Crippen molar-refractivity contribution in [3.05, 3.63) is 12.2 Å². The average molecular weight is 194 g/mol. The molecule has 2 heteroatoms. The molecule has 0 aromatic carbocycles. The number of Topliss-reactive ketones (excluding diaryl/α,β-unsaturated/α-hetero) is 2. The Bertz CT molecular complexity index is 278. The minimum atomic E-state index is -0.0944. The normalized spacial score (nSPS) is 32.8. The summed E-state index contributed by atoms with van der Waals surface area (Å²) in [6.07, 6.45) is 1.37. The minimum Gasteiger partial charge on any atom is -0.300 e. The van der Waals surface area contributed by atoms with Crippen molar-refractivity contribution in [2.45, 2.75) is 33.6 Å². The van der Waals surface area contributed by atoms with E-state index in [1.807, 2.05) is 13.8 Å². The molecule has 0 saturated heterocycles. The summed E-state index contributed by atoms with van der Waals surface area (Å²) in [5, 5.41) is 0. The molecule has 0 radical (unpaired) electrons. The van der Waals surface area contributed by atoms with Crippen LogP contribution in [0.15, 0.2) is 12.2 Å². The maximum Gasteiger partial charge on any atom is 0.137 e. The van der Waals surface area contributed by atoms with Crippen molar-refractivity contribution in [3.63, 3.8) is 0 Å². The molecule has 1 saturated carbocycles. The third-order valence-corrected chi connectivity index (χ3v) is 3.32. The lowest BCUT2D eigenvalue weighted by Gasteiger charge is -2.31. The van der Waals surface area contributed by atoms with Gasteiger partial charge in [0.05, 0.1) is 0 Å². The highest BCUT2D eigenvalue weighted by atomic mass is 16.1. The molecule has 1 aliphatic rings. The molecule has 1 rings (SSSR count). The van der Waals surface area contributed by atoms with Crippen LogP contribution in [0.2, 0.25) is 0 Å². The van der Waals surface area contributed by atoms with Crippen LogP contribution in [-0.2, 0) is 9.59 Å². The van der Waals surface area contributed by atoms with E-state index < -0.39 is 0 Å². The minimum absolute atomic E-state index is 0.0852. The highest BCUT2D eigenvalue weighted by Crippen LogP contribution is 2.34. The van der Waals surface area contributed by atoms with Crippen LogP contribution >= 0.6 is 0 Å². The van der Waals surface area contributed by atoms with Gasteiger partial charge in [-0.1, -0.05) is 19.1 Å². The van der Waals surface area contributed by atoms with Crippen LogP contribution in [0.3, 0.4) is 0 Å². The van der Waals surface area contributed by atoms with Gasteiger partial charge < -0.3 is 0 Å². The fraction of sp³-hybridized carbons (Fsp3) is 0.667. The first-order valence-corrected chi connectivity index (χ1v) is 5.12. The summed E-state index contributed by atoms with van der Waals surface area (Å²) in [5.41, 5.74) is 1.02. The topological polar surface area (TPSA) is 34.1 Å². The van der Waals surface area contributed by atoms with E-state index in [1.165, 1.54) is 0 Å². The summed E-state index contributed by atoms with van der Waals surface area (Å²) in [7, 11) is 0. The number of ketones is 2. The molecule has 0 N–H and O–H groups in total. The van der Waals surface area contributed by atoms with Crippen LogP contribution in [0.1, 0.15) is 33.6 Å². The molecule has 1 aliphatic carbocycles. The number of allylic oxidation sites excluding steroid dienone is 1. The predicted octanol–water partition coefficient (Wildman–Crippen LogP) is 2.38. The van der Waals surface area contributed by atoms with Gasteiger partial charge in [0.15, 0.2) is 0 Å². The van der Waals surface area contributed by atoms with Gasteiger partial charge in [0.2, 0.25) is 0 Å². The second-order valence-corrected chi connectivity index (χ2v) is 4.46. The van der Waals surface area contributed by atoms with E-state index in [0.717, 1.165) is 12.0 Å². The molecular formula is C12H18O2. The third-order valence-electron chi connectivity index (χ3n) is 3.32. The summed E-state index contributed by atoms with van der Waals surface area (Å²) in [6.45, 7) is 9.25. The monoisotopic (exact) mass is 194 g/mol. The van der Waals surface area contributed by atoms with E-state index in [4.69, 9.17) is 0 Å². The molecule has 0 aliphatic heterocycles. The van der Waals surface area contributed by atoms with Gasteiger partial charge in [-0.15, -0.1) is 0 Å². The molecule has 0 heterocycles. The lowest BCUT2D eigenvalue weighted by molar-refractivity contribution is -0.134. The van der Waals surface area contributed by atoms with E-state index in [2.05, 4.69) is 6.58 Å². The van der Waals surface area contributed by atoms with E-state index in [-0.39, 0.29) is 29.3 Å². The maximum absolute atomic E-state index is 11.6. The van der Waals surface area contributed by atoms with Crippen molar-refractivity contribution >= 4 is 11.6 Å². The first-order valence-electron chi connectivity index (χ1n) is 5.12. The first kappa shape index (κ1) is 11.2. The summed E-state index contributed by atoms with van der Waals surface area (Å²) in [4.78, 5) is 23.0. The Morgan fingerprint density at radius 3 is 2.43 bits per heavy atom. The van der Waals surface area contributed by atoms with Crippen molar-refractivity contribution in [1.29, 1.82) is 0 Å². The number of hydrogen-bond acceptors (Lipinski definition) is 2. The van der Waals surface area contributed by atoms with Crippen LogP contribution < -0.4 is 0 Å². The van der Waals surface area contributed by atoms with Crippen LogP contribution in [0.5, 0.6) is 0 Å². The Morgan fingerprint density at radius 2 is 2.00 bits per heavy atom. The zero-order chi connectivity index (χ0) is 10.9. The Kier molecular flexibility index (Phi) is 3.25. The van der Waals surface area contributed by atoms with Gasteiger partial charge in [0.25, 0.3) is 0 Å². The lowest BCUT2D eigenvalue weighted by Crippen LogP contribution is -2.35. The molecule has 1 fully saturated rings. The molecule has 2 nitrogen and oxygen atoms in total. The molecule has 0 bridgehead atoms.